The van der Waals surface area contributed by atoms with Crippen molar-refractivity contribution in [3.8, 4) is 11.1 Å². The fraction of sp³-hybridized carbons (Fsp3) is 0.385. The highest BCUT2D eigenvalue weighted by Crippen LogP contribution is 2.28. The maximum atomic E-state index is 12.2. The maximum Gasteiger partial charge on any atom is 0.269 e. The van der Waals surface area contributed by atoms with Crippen LogP contribution in [0.25, 0.3) is 22.8 Å². The molecule has 1 N–H and O–H groups in total. The standard InChI is InChI=1S/C23H26N4O2.C3H8/c1-6-17(23-26-16(5)27-29-23)10-19-11-18(9-8-14(19)3)20-12-21(22(28)24-7-2)25-13-15(20)4;1-3-2/h8-13H,6-7H2,1-5H3,(H,24,28);3H2,1-2H3/b17-10+;. The van der Waals surface area contributed by atoms with Gasteiger partial charge in [-0.15, -0.1) is 0 Å². The van der Waals surface area contributed by atoms with Gasteiger partial charge in [-0.25, -0.2) is 0 Å². The van der Waals surface area contributed by atoms with Crippen molar-refractivity contribution in [3.05, 3.63) is 64.6 Å². The van der Waals surface area contributed by atoms with Crippen LogP contribution in [0, 0.1) is 20.8 Å². The predicted octanol–water partition coefficient (Wildman–Crippen LogP) is 6.17. The summed E-state index contributed by atoms with van der Waals surface area (Å²) in [7, 11) is 0. The number of hydrogen-bond acceptors (Lipinski definition) is 5. The van der Waals surface area contributed by atoms with Crippen molar-refractivity contribution in [1.29, 1.82) is 0 Å². The number of rotatable bonds is 6. The number of amides is 1. The maximum absolute atomic E-state index is 12.2. The normalized spacial score (nSPS) is 11.0. The Hall–Kier alpha value is -3.28. The van der Waals surface area contributed by atoms with Crippen LogP contribution < -0.4 is 5.32 Å². The smallest absolute Gasteiger partial charge is 0.269 e. The molecule has 2 heterocycles. The number of nitrogens with one attached hydrogen (secondary N) is 1. The van der Waals surface area contributed by atoms with Crippen LogP contribution in [-0.4, -0.2) is 27.6 Å². The molecule has 1 aromatic carbocycles. The average molecular weight is 435 g/mol. The minimum atomic E-state index is -0.166. The molecule has 6 heteroatoms. The largest absolute Gasteiger partial charge is 0.351 e. The summed E-state index contributed by atoms with van der Waals surface area (Å²) in [4.78, 5) is 20.8. The van der Waals surface area contributed by atoms with E-state index in [0.717, 1.165) is 39.8 Å². The number of allylic oxidation sites excluding steroid dienone is 1. The number of benzene rings is 1. The highest BCUT2D eigenvalue weighted by atomic mass is 16.5. The summed E-state index contributed by atoms with van der Waals surface area (Å²) in [6, 6.07) is 8.12. The molecule has 0 saturated heterocycles. The Kier molecular flexibility index (Phi) is 9.32. The minimum absolute atomic E-state index is 0.166. The van der Waals surface area contributed by atoms with Gasteiger partial charge in [0.05, 0.1) is 0 Å². The molecule has 1 amide bonds. The van der Waals surface area contributed by atoms with Gasteiger partial charge in [0.25, 0.3) is 11.8 Å². The summed E-state index contributed by atoms with van der Waals surface area (Å²) in [6.45, 7) is 14.7. The molecule has 0 spiro atoms. The molecule has 2 aromatic heterocycles. The van der Waals surface area contributed by atoms with Gasteiger partial charge < -0.3 is 9.84 Å². The van der Waals surface area contributed by atoms with Crippen molar-refractivity contribution in [2.24, 2.45) is 0 Å². The molecular weight excluding hydrogens is 400 g/mol. The highest BCUT2D eigenvalue weighted by Gasteiger charge is 2.13. The van der Waals surface area contributed by atoms with Gasteiger partial charge in [-0.05, 0) is 80.1 Å². The molecule has 6 nitrogen and oxygen atoms in total. The predicted molar refractivity (Wildman–Crippen MR) is 130 cm³/mol. The second-order valence-electron chi connectivity index (χ2n) is 7.69. The van der Waals surface area contributed by atoms with E-state index >= 15 is 0 Å². The SMILES string of the molecule is CCC.CCNC(=O)c1cc(-c2ccc(C)c(/C=C(\CC)c3nc(C)no3)c2)c(C)cn1. The fourth-order valence-electron chi connectivity index (χ4n) is 3.10. The van der Waals surface area contributed by atoms with Gasteiger partial charge in [0.2, 0.25) is 0 Å². The zero-order chi connectivity index (χ0) is 23.7. The van der Waals surface area contributed by atoms with E-state index in [-0.39, 0.29) is 5.91 Å². The van der Waals surface area contributed by atoms with E-state index < -0.39 is 0 Å². The lowest BCUT2D eigenvalue weighted by Gasteiger charge is -2.11. The zero-order valence-electron chi connectivity index (χ0n) is 20.2. The van der Waals surface area contributed by atoms with Crippen LogP contribution in [-0.2, 0) is 0 Å². The molecule has 0 aliphatic carbocycles. The molecule has 0 saturated carbocycles. The number of aromatic nitrogens is 3. The lowest BCUT2D eigenvalue weighted by Crippen LogP contribution is -2.23. The Morgan fingerprint density at radius 2 is 1.78 bits per heavy atom. The minimum Gasteiger partial charge on any atom is -0.351 e. The first-order valence-corrected chi connectivity index (χ1v) is 11.2. The van der Waals surface area contributed by atoms with Crippen molar-refractivity contribution in [1.82, 2.24) is 20.4 Å². The van der Waals surface area contributed by atoms with E-state index in [9.17, 15) is 4.79 Å². The molecular formula is C26H34N4O2. The Balaban J connectivity index is 0.00000114. The van der Waals surface area contributed by atoms with Gasteiger partial charge in [-0.1, -0.05) is 44.5 Å². The third kappa shape index (κ3) is 6.36. The van der Waals surface area contributed by atoms with Crippen molar-refractivity contribution in [2.75, 3.05) is 6.54 Å². The molecule has 0 atom stereocenters. The van der Waals surface area contributed by atoms with Crippen LogP contribution in [0.5, 0.6) is 0 Å². The van der Waals surface area contributed by atoms with Crippen molar-refractivity contribution in [2.45, 2.75) is 61.3 Å². The zero-order valence-corrected chi connectivity index (χ0v) is 20.2. The summed E-state index contributed by atoms with van der Waals surface area (Å²) in [5.41, 5.74) is 6.66. The molecule has 0 aliphatic heterocycles. The molecule has 170 valence electrons. The summed E-state index contributed by atoms with van der Waals surface area (Å²) in [5, 5.41) is 6.70. The van der Waals surface area contributed by atoms with E-state index in [4.69, 9.17) is 4.52 Å². The molecule has 0 unspecified atom stereocenters. The lowest BCUT2D eigenvalue weighted by molar-refractivity contribution is 0.0951. The Morgan fingerprint density at radius 1 is 1.06 bits per heavy atom. The number of nitrogens with zero attached hydrogens (tertiary/aromatic N) is 3. The lowest BCUT2D eigenvalue weighted by atomic mass is 9.95. The summed E-state index contributed by atoms with van der Waals surface area (Å²) < 4.78 is 5.35. The average Bonchev–Trinajstić information content (AvgIpc) is 3.20. The van der Waals surface area contributed by atoms with E-state index in [1.165, 1.54) is 6.42 Å². The monoisotopic (exact) mass is 434 g/mol. The molecule has 32 heavy (non-hydrogen) atoms. The summed E-state index contributed by atoms with van der Waals surface area (Å²) in [6.07, 6.45) is 5.86. The highest BCUT2D eigenvalue weighted by molar-refractivity contribution is 5.93. The molecule has 0 radical (unpaired) electrons. The van der Waals surface area contributed by atoms with Crippen molar-refractivity contribution < 1.29 is 9.32 Å². The first-order valence-electron chi connectivity index (χ1n) is 11.2. The van der Waals surface area contributed by atoms with Crippen LogP contribution in [0.3, 0.4) is 0 Å². The van der Waals surface area contributed by atoms with Crippen LogP contribution in [0.1, 0.15) is 79.4 Å². The number of pyridine rings is 1. The molecule has 0 bridgehead atoms. The molecule has 3 aromatic rings. The van der Waals surface area contributed by atoms with Crippen molar-refractivity contribution in [3.63, 3.8) is 0 Å². The Morgan fingerprint density at radius 3 is 2.38 bits per heavy atom. The quantitative estimate of drug-likeness (QED) is 0.501. The van der Waals surface area contributed by atoms with E-state index in [0.29, 0.717) is 24.0 Å². The van der Waals surface area contributed by atoms with Crippen LogP contribution >= 0.6 is 0 Å². The Bertz CT molecular complexity index is 1080. The number of carbonyl (C=O) groups excluding carboxylic acids is 1. The number of carbonyl (C=O) groups is 1. The third-order valence-electron chi connectivity index (χ3n) is 4.78. The van der Waals surface area contributed by atoms with Gasteiger partial charge in [-0.3, -0.25) is 9.78 Å². The van der Waals surface area contributed by atoms with E-state index in [2.05, 4.69) is 72.4 Å². The van der Waals surface area contributed by atoms with Crippen LogP contribution in [0.4, 0.5) is 0 Å². The summed E-state index contributed by atoms with van der Waals surface area (Å²) >= 11 is 0. The first kappa shape index (κ1) is 25.0. The topological polar surface area (TPSA) is 80.9 Å². The van der Waals surface area contributed by atoms with Gasteiger partial charge >= 0.3 is 0 Å². The van der Waals surface area contributed by atoms with E-state index in [1.54, 1.807) is 6.20 Å². The number of aryl methyl sites for hydroxylation is 3. The summed E-state index contributed by atoms with van der Waals surface area (Å²) in [5.74, 6) is 1.00. The van der Waals surface area contributed by atoms with Crippen molar-refractivity contribution >= 4 is 17.6 Å². The van der Waals surface area contributed by atoms with Crippen LogP contribution in [0.15, 0.2) is 35.0 Å². The number of hydrogen-bond donors (Lipinski definition) is 1. The molecule has 0 aliphatic rings. The Labute approximate surface area is 191 Å². The molecule has 3 rings (SSSR count). The van der Waals surface area contributed by atoms with Crippen LogP contribution in [0.2, 0.25) is 0 Å². The second kappa shape index (κ2) is 11.9. The first-order chi connectivity index (χ1) is 15.3. The second-order valence-corrected chi connectivity index (χ2v) is 7.69. The van der Waals surface area contributed by atoms with Gasteiger partial charge in [0.1, 0.15) is 5.69 Å². The molecule has 0 fully saturated rings. The fourth-order valence-corrected chi connectivity index (χ4v) is 3.10. The van der Waals surface area contributed by atoms with Gasteiger partial charge in [-0.2, -0.15) is 4.98 Å². The van der Waals surface area contributed by atoms with E-state index in [1.807, 2.05) is 26.8 Å². The van der Waals surface area contributed by atoms with Gasteiger partial charge in [0, 0.05) is 18.3 Å². The van der Waals surface area contributed by atoms with Gasteiger partial charge in [0.15, 0.2) is 5.82 Å². The third-order valence-corrected chi connectivity index (χ3v) is 4.78.